The number of hydrogen-bond donors (Lipinski definition) is 2. The smallest absolute Gasteiger partial charge is 0.286 e. The average Bonchev–Trinajstić information content (AvgIpc) is 3.24. The SMILES string of the molecule is CCCCCCC#Cc1cccc(S(=O)(=O)Nc2cccc(-c3csc(NC(=O)I)n3)c2)c1. The summed E-state index contributed by atoms with van der Waals surface area (Å²) in [7, 11) is -3.78. The molecule has 0 unspecified atom stereocenters. The molecule has 1 heterocycles. The van der Waals surface area contributed by atoms with Crippen LogP contribution < -0.4 is 10.0 Å². The zero-order valence-electron chi connectivity index (χ0n) is 18.1. The van der Waals surface area contributed by atoms with E-state index in [1.807, 2.05) is 12.1 Å². The third kappa shape index (κ3) is 7.84. The second-order valence-electron chi connectivity index (χ2n) is 7.26. The molecule has 1 amide bonds. The van der Waals surface area contributed by atoms with E-state index in [-0.39, 0.29) is 8.81 Å². The lowest BCUT2D eigenvalue weighted by Gasteiger charge is -2.09. The number of aromatic nitrogens is 1. The molecule has 0 aliphatic rings. The Morgan fingerprint density at radius 1 is 1.12 bits per heavy atom. The number of unbranched alkanes of at least 4 members (excludes halogenated alkanes) is 4. The fraction of sp³-hybridized carbons (Fsp3) is 0.250. The maximum absolute atomic E-state index is 13.0. The molecular formula is C24H24IN3O3S2. The summed E-state index contributed by atoms with van der Waals surface area (Å²) in [5.41, 5.74) is 2.49. The molecule has 3 aromatic rings. The first-order chi connectivity index (χ1) is 15.9. The van der Waals surface area contributed by atoms with E-state index >= 15 is 0 Å². The summed E-state index contributed by atoms with van der Waals surface area (Å²) < 4.78 is 28.3. The van der Waals surface area contributed by atoms with Crippen LogP contribution >= 0.6 is 33.9 Å². The zero-order chi connectivity index (χ0) is 23.7. The van der Waals surface area contributed by atoms with Gasteiger partial charge in [-0.2, -0.15) is 0 Å². The molecule has 2 N–H and O–H groups in total. The third-order valence-corrected chi connectivity index (χ3v) is 7.06. The standard InChI is InChI=1S/C24H24IN3O3S2/c1-2-3-4-5-6-7-10-18-11-8-14-21(15-18)33(30,31)28-20-13-9-12-19(16-20)22-17-32-24(26-22)27-23(25)29/h8-9,11-17,28H,2-6H2,1H3,(H,26,27,29). The van der Waals surface area contributed by atoms with Gasteiger partial charge >= 0.3 is 0 Å². The summed E-state index contributed by atoms with van der Waals surface area (Å²) in [6.45, 7) is 2.17. The van der Waals surface area contributed by atoms with Crippen molar-refractivity contribution in [3.63, 3.8) is 0 Å². The van der Waals surface area contributed by atoms with Crippen LogP contribution in [0.3, 0.4) is 0 Å². The molecule has 0 spiro atoms. The number of hydrogen-bond acceptors (Lipinski definition) is 5. The van der Waals surface area contributed by atoms with Crippen molar-refractivity contribution in [3.8, 4) is 23.1 Å². The zero-order valence-corrected chi connectivity index (χ0v) is 21.9. The van der Waals surface area contributed by atoms with E-state index in [0.717, 1.165) is 24.8 Å². The number of thiazole rings is 1. The number of nitrogens with one attached hydrogen (secondary N) is 2. The molecule has 0 aliphatic carbocycles. The Morgan fingerprint density at radius 3 is 2.73 bits per heavy atom. The van der Waals surface area contributed by atoms with Crippen LogP contribution in [0.4, 0.5) is 15.6 Å². The molecule has 0 fully saturated rings. The number of amides is 1. The van der Waals surface area contributed by atoms with Crippen molar-refractivity contribution in [2.45, 2.75) is 43.9 Å². The van der Waals surface area contributed by atoms with Gasteiger partial charge in [0.1, 0.15) is 0 Å². The molecule has 0 saturated heterocycles. The van der Waals surface area contributed by atoms with Crippen LogP contribution in [0, 0.1) is 11.8 Å². The Balaban J connectivity index is 1.72. The number of rotatable bonds is 9. The maximum atomic E-state index is 13.0. The van der Waals surface area contributed by atoms with E-state index in [9.17, 15) is 13.2 Å². The molecule has 0 radical (unpaired) electrons. The van der Waals surface area contributed by atoms with E-state index in [1.54, 1.807) is 64.4 Å². The molecule has 1 aromatic heterocycles. The fourth-order valence-electron chi connectivity index (χ4n) is 3.05. The second kappa shape index (κ2) is 12.2. The summed E-state index contributed by atoms with van der Waals surface area (Å²) in [6.07, 6.45) is 5.42. The predicted molar refractivity (Wildman–Crippen MR) is 143 cm³/mol. The van der Waals surface area contributed by atoms with Gasteiger partial charge in [0.2, 0.25) is 0 Å². The molecule has 3 rings (SSSR count). The lowest BCUT2D eigenvalue weighted by molar-refractivity contribution is 0.272. The Hall–Kier alpha value is -2.42. The van der Waals surface area contributed by atoms with Crippen LogP contribution in [-0.2, 0) is 10.0 Å². The topological polar surface area (TPSA) is 88.2 Å². The molecular weight excluding hydrogens is 569 g/mol. The molecule has 172 valence electrons. The molecule has 6 nitrogen and oxygen atoms in total. The normalized spacial score (nSPS) is 10.8. The summed E-state index contributed by atoms with van der Waals surface area (Å²) in [5.74, 6) is 6.19. The van der Waals surface area contributed by atoms with Crippen molar-refractivity contribution >= 4 is 58.7 Å². The number of anilines is 2. The second-order valence-corrected chi connectivity index (χ2v) is 10.8. The van der Waals surface area contributed by atoms with Gasteiger partial charge < -0.3 is 0 Å². The van der Waals surface area contributed by atoms with Crippen LogP contribution in [0.1, 0.15) is 44.6 Å². The van der Waals surface area contributed by atoms with Gasteiger partial charge in [-0.25, -0.2) is 13.4 Å². The largest absolute Gasteiger partial charge is 0.293 e. The molecule has 33 heavy (non-hydrogen) atoms. The highest BCUT2D eigenvalue weighted by atomic mass is 127. The Labute approximate surface area is 212 Å². The third-order valence-electron chi connectivity index (χ3n) is 4.65. The summed E-state index contributed by atoms with van der Waals surface area (Å²) in [4.78, 5) is 15.7. The number of halogens is 1. The van der Waals surface area contributed by atoms with Gasteiger partial charge in [-0.3, -0.25) is 14.8 Å². The van der Waals surface area contributed by atoms with Crippen LogP contribution in [0.25, 0.3) is 11.3 Å². The first-order valence-corrected chi connectivity index (χ1v) is 14.0. The average molecular weight is 594 g/mol. The predicted octanol–water partition coefficient (Wildman–Crippen LogP) is 6.90. The highest BCUT2D eigenvalue weighted by molar-refractivity contribution is 14.1. The minimum Gasteiger partial charge on any atom is -0.293 e. The molecule has 0 saturated carbocycles. The van der Waals surface area contributed by atoms with Gasteiger partial charge in [0.05, 0.1) is 10.6 Å². The van der Waals surface area contributed by atoms with E-state index in [2.05, 4.69) is 33.8 Å². The van der Waals surface area contributed by atoms with Gasteiger partial charge in [0, 0.05) is 51.2 Å². The van der Waals surface area contributed by atoms with E-state index in [1.165, 1.54) is 24.2 Å². The van der Waals surface area contributed by atoms with Crippen LogP contribution in [0.5, 0.6) is 0 Å². The van der Waals surface area contributed by atoms with Crippen molar-refractivity contribution in [1.82, 2.24) is 4.98 Å². The van der Waals surface area contributed by atoms with Crippen molar-refractivity contribution in [3.05, 3.63) is 59.5 Å². The minimum absolute atomic E-state index is 0.159. The minimum atomic E-state index is -3.78. The van der Waals surface area contributed by atoms with Crippen molar-refractivity contribution in [1.29, 1.82) is 0 Å². The summed E-state index contributed by atoms with van der Waals surface area (Å²) in [6, 6.07) is 13.6. The number of nitrogens with zero attached hydrogens (tertiary/aromatic N) is 1. The van der Waals surface area contributed by atoms with Crippen LogP contribution in [0.15, 0.2) is 58.8 Å². The molecule has 0 aliphatic heterocycles. The van der Waals surface area contributed by atoms with Gasteiger partial charge in [0.15, 0.2) is 5.13 Å². The lowest BCUT2D eigenvalue weighted by Crippen LogP contribution is -2.13. The van der Waals surface area contributed by atoms with Crippen molar-refractivity contribution < 1.29 is 13.2 Å². The van der Waals surface area contributed by atoms with Gasteiger partial charge in [-0.05, 0) is 36.8 Å². The monoisotopic (exact) mass is 593 g/mol. The van der Waals surface area contributed by atoms with Gasteiger partial charge in [0.25, 0.3) is 13.9 Å². The number of benzene rings is 2. The molecule has 0 atom stereocenters. The van der Waals surface area contributed by atoms with Gasteiger partial charge in [-0.1, -0.05) is 56.2 Å². The summed E-state index contributed by atoms with van der Waals surface area (Å²) in [5, 5.41) is 4.92. The van der Waals surface area contributed by atoms with E-state index in [0.29, 0.717) is 22.1 Å². The molecule has 2 aromatic carbocycles. The Morgan fingerprint density at radius 2 is 1.94 bits per heavy atom. The first-order valence-electron chi connectivity index (χ1n) is 10.5. The highest BCUT2D eigenvalue weighted by Crippen LogP contribution is 2.28. The number of sulfonamides is 1. The number of carbonyl (C=O) groups excluding carboxylic acids is 1. The lowest BCUT2D eigenvalue weighted by atomic mass is 10.1. The summed E-state index contributed by atoms with van der Waals surface area (Å²) >= 11 is 2.95. The van der Waals surface area contributed by atoms with Crippen LogP contribution in [-0.4, -0.2) is 17.3 Å². The van der Waals surface area contributed by atoms with E-state index < -0.39 is 10.0 Å². The Bertz CT molecular complexity index is 1280. The number of carbonyl (C=O) groups is 1. The first kappa shape index (κ1) is 25.2. The van der Waals surface area contributed by atoms with Crippen molar-refractivity contribution in [2.75, 3.05) is 10.0 Å². The van der Waals surface area contributed by atoms with Crippen molar-refractivity contribution in [2.24, 2.45) is 0 Å². The maximum Gasteiger partial charge on any atom is 0.286 e. The van der Waals surface area contributed by atoms with Crippen LogP contribution in [0.2, 0.25) is 0 Å². The molecule has 0 bridgehead atoms. The Kier molecular flexibility index (Phi) is 9.29. The fourth-order valence-corrected chi connectivity index (χ4v) is 5.30. The van der Waals surface area contributed by atoms with E-state index in [4.69, 9.17) is 0 Å². The van der Waals surface area contributed by atoms with Gasteiger partial charge in [-0.15, -0.1) is 11.3 Å². The molecule has 9 heteroatoms. The quantitative estimate of drug-likeness (QED) is 0.0929. The highest BCUT2D eigenvalue weighted by Gasteiger charge is 2.15.